The number of aromatic nitrogens is 1. The Morgan fingerprint density at radius 2 is 1.76 bits per heavy atom. The van der Waals surface area contributed by atoms with E-state index >= 15 is 0 Å². The Labute approximate surface area is 124 Å². The standard InChI is InChI=1S/C17H18N4/c1-21(2)16-8-4-3-7-14(16)20-15-10-9-13-12(17(15)18)6-5-11-19-13/h3-11,20H,18H2,1-2H3. The molecule has 0 aliphatic rings. The van der Waals surface area contributed by atoms with E-state index in [0.717, 1.165) is 28.0 Å². The van der Waals surface area contributed by atoms with E-state index < -0.39 is 0 Å². The molecule has 3 rings (SSSR count). The van der Waals surface area contributed by atoms with Crippen molar-refractivity contribution in [2.24, 2.45) is 0 Å². The number of para-hydroxylation sites is 2. The highest BCUT2D eigenvalue weighted by atomic mass is 15.1. The van der Waals surface area contributed by atoms with E-state index in [9.17, 15) is 0 Å². The fourth-order valence-electron chi connectivity index (χ4n) is 2.40. The topological polar surface area (TPSA) is 54.2 Å². The van der Waals surface area contributed by atoms with Crippen molar-refractivity contribution in [1.82, 2.24) is 4.98 Å². The molecule has 0 spiro atoms. The van der Waals surface area contributed by atoms with Gasteiger partial charge in [-0.15, -0.1) is 0 Å². The summed E-state index contributed by atoms with van der Waals surface area (Å²) >= 11 is 0. The van der Waals surface area contributed by atoms with Crippen LogP contribution in [0.1, 0.15) is 0 Å². The first-order valence-corrected chi connectivity index (χ1v) is 6.83. The quantitative estimate of drug-likeness (QED) is 0.718. The molecule has 3 aromatic rings. The van der Waals surface area contributed by atoms with Gasteiger partial charge in [-0.3, -0.25) is 4.98 Å². The predicted octanol–water partition coefficient (Wildman–Crippen LogP) is 3.63. The minimum absolute atomic E-state index is 0.717. The van der Waals surface area contributed by atoms with Crippen LogP contribution in [0.5, 0.6) is 0 Å². The predicted molar refractivity (Wildman–Crippen MR) is 90.2 cm³/mol. The number of hydrogen-bond acceptors (Lipinski definition) is 4. The molecule has 2 aromatic carbocycles. The molecule has 0 atom stereocenters. The van der Waals surface area contributed by atoms with Crippen molar-refractivity contribution in [2.75, 3.05) is 30.0 Å². The third kappa shape index (κ3) is 2.48. The summed E-state index contributed by atoms with van der Waals surface area (Å²) in [5, 5.41) is 4.38. The second-order valence-corrected chi connectivity index (χ2v) is 5.13. The van der Waals surface area contributed by atoms with E-state index in [2.05, 4.69) is 21.3 Å². The number of rotatable bonds is 3. The summed E-state index contributed by atoms with van der Waals surface area (Å²) in [6.07, 6.45) is 1.77. The molecule has 3 N–H and O–H groups in total. The number of nitrogen functional groups attached to an aromatic ring is 1. The summed E-state index contributed by atoms with van der Waals surface area (Å²) in [5.74, 6) is 0. The van der Waals surface area contributed by atoms with Crippen LogP contribution in [0.4, 0.5) is 22.7 Å². The number of pyridine rings is 1. The Hall–Kier alpha value is -2.75. The number of hydrogen-bond donors (Lipinski definition) is 2. The molecule has 1 aromatic heterocycles. The fourth-order valence-corrected chi connectivity index (χ4v) is 2.40. The lowest BCUT2D eigenvalue weighted by atomic mass is 10.1. The second-order valence-electron chi connectivity index (χ2n) is 5.13. The molecule has 0 unspecified atom stereocenters. The highest BCUT2D eigenvalue weighted by Crippen LogP contribution is 2.33. The van der Waals surface area contributed by atoms with Gasteiger partial charge >= 0.3 is 0 Å². The van der Waals surface area contributed by atoms with Crippen LogP contribution in [0.3, 0.4) is 0 Å². The first kappa shape index (κ1) is 13.2. The van der Waals surface area contributed by atoms with E-state index in [1.807, 2.05) is 56.6 Å². The van der Waals surface area contributed by atoms with Crippen LogP contribution in [0, 0.1) is 0 Å². The zero-order chi connectivity index (χ0) is 14.8. The number of fused-ring (bicyclic) bond motifs is 1. The highest BCUT2D eigenvalue weighted by Gasteiger charge is 2.08. The van der Waals surface area contributed by atoms with E-state index in [1.165, 1.54) is 0 Å². The molecule has 0 fully saturated rings. The van der Waals surface area contributed by atoms with Gasteiger partial charge in [-0.25, -0.2) is 0 Å². The highest BCUT2D eigenvalue weighted by molar-refractivity contribution is 5.98. The van der Waals surface area contributed by atoms with Crippen molar-refractivity contribution < 1.29 is 0 Å². The monoisotopic (exact) mass is 278 g/mol. The minimum atomic E-state index is 0.717. The first-order chi connectivity index (χ1) is 10.2. The summed E-state index contributed by atoms with van der Waals surface area (Å²) in [5.41, 5.74) is 10.9. The van der Waals surface area contributed by atoms with Gasteiger partial charge in [0.15, 0.2) is 0 Å². The molecule has 0 saturated carbocycles. The van der Waals surface area contributed by atoms with Gasteiger partial charge in [-0.05, 0) is 36.4 Å². The van der Waals surface area contributed by atoms with Crippen LogP contribution in [-0.4, -0.2) is 19.1 Å². The normalized spacial score (nSPS) is 10.6. The van der Waals surface area contributed by atoms with Gasteiger partial charge in [0.2, 0.25) is 0 Å². The number of nitrogens with two attached hydrogens (primary N) is 1. The molecule has 0 aliphatic carbocycles. The average molecular weight is 278 g/mol. The maximum Gasteiger partial charge on any atom is 0.0724 e. The molecule has 0 aliphatic heterocycles. The lowest BCUT2D eigenvalue weighted by molar-refractivity contribution is 1.13. The molecule has 1 heterocycles. The van der Waals surface area contributed by atoms with Gasteiger partial charge < -0.3 is 16.0 Å². The van der Waals surface area contributed by atoms with Crippen LogP contribution < -0.4 is 16.0 Å². The maximum atomic E-state index is 6.28. The van der Waals surface area contributed by atoms with Crippen molar-refractivity contribution in [2.45, 2.75) is 0 Å². The molecule has 0 radical (unpaired) electrons. The van der Waals surface area contributed by atoms with Crippen molar-refractivity contribution in [1.29, 1.82) is 0 Å². The number of nitrogens with zero attached hydrogens (tertiary/aromatic N) is 2. The van der Waals surface area contributed by atoms with Crippen LogP contribution >= 0.6 is 0 Å². The summed E-state index contributed by atoms with van der Waals surface area (Å²) in [6, 6.07) is 16.0. The largest absolute Gasteiger partial charge is 0.396 e. The SMILES string of the molecule is CN(C)c1ccccc1Nc1ccc2ncccc2c1N. The molecular weight excluding hydrogens is 260 g/mol. The van der Waals surface area contributed by atoms with E-state index in [-0.39, 0.29) is 0 Å². The van der Waals surface area contributed by atoms with E-state index in [0.29, 0.717) is 5.69 Å². The number of anilines is 4. The Kier molecular flexibility index (Phi) is 3.36. The Bertz CT molecular complexity index is 781. The zero-order valence-electron chi connectivity index (χ0n) is 12.2. The van der Waals surface area contributed by atoms with Crippen molar-refractivity contribution in [3.05, 3.63) is 54.7 Å². The van der Waals surface area contributed by atoms with Crippen molar-refractivity contribution in [3.63, 3.8) is 0 Å². The van der Waals surface area contributed by atoms with Gasteiger partial charge in [0.05, 0.1) is 28.3 Å². The van der Waals surface area contributed by atoms with Crippen LogP contribution in [-0.2, 0) is 0 Å². The summed E-state index contributed by atoms with van der Waals surface area (Å²) in [6.45, 7) is 0. The van der Waals surface area contributed by atoms with Crippen LogP contribution in [0.2, 0.25) is 0 Å². The average Bonchev–Trinajstić information content (AvgIpc) is 2.51. The second kappa shape index (κ2) is 5.32. The smallest absolute Gasteiger partial charge is 0.0724 e. The Morgan fingerprint density at radius 3 is 2.57 bits per heavy atom. The first-order valence-electron chi connectivity index (χ1n) is 6.83. The minimum Gasteiger partial charge on any atom is -0.396 e. The zero-order valence-corrected chi connectivity index (χ0v) is 12.2. The van der Waals surface area contributed by atoms with E-state index in [1.54, 1.807) is 6.20 Å². The summed E-state index contributed by atoms with van der Waals surface area (Å²) in [4.78, 5) is 6.39. The Balaban J connectivity index is 2.05. The third-order valence-electron chi connectivity index (χ3n) is 3.48. The van der Waals surface area contributed by atoms with Crippen LogP contribution in [0.25, 0.3) is 10.9 Å². The molecule has 4 heteroatoms. The van der Waals surface area contributed by atoms with Gasteiger partial charge in [0, 0.05) is 25.7 Å². The lowest BCUT2D eigenvalue weighted by Gasteiger charge is -2.19. The van der Waals surface area contributed by atoms with Gasteiger partial charge in [0.1, 0.15) is 0 Å². The van der Waals surface area contributed by atoms with Gasteiger partial charge in [-0.1, -0.05) is 12.1 Å². The van der Waals surface area contributed by atoms with Crippen molar-refractivity contribution in [3.8, 4) is 0 Å². The molecule has 0 amide bonds. The van der Waals surface area contributed by atoms with Gasteiger partial charge in [0.25, 0.3) is 0 Å². The van der Waals surface area contributed by atoms with Gasteiger partial charge in [-0.2, -0.15) is 0 Å². The molecule has 106 valence electrons. The molecule has 0 saturated heterocycles. The fraction of sp³-hybridized carbons (Fsp3) is 0.118. The number of benzene rings is 2. The molecule has 21 heavy (non-hydrogen) atoms. The number of nitrogens with one attached hydrogen (secondary N) is 1. The molecule has 0 bridgehead atoms. The Morgan fingerprint density at radius 1 is 0.952 bits per heavy atom. The lowest BCUT2D eigenvalue weighted by Crippen LogP contribution is -2.11. The maximum absolute atomic E-state index is 6.28. The van der Waals surface area contributed by atoms with Crippen molar-refractivity contribution >= 4 is 33.7 Å². The van der Waals surface area contributed by atoms with Crippen LogP contribution in [0.15, 0.2) is 54.7 Å². The summed E-state index contributed by atoms with van der Waals surface area (Å²) < 4.78 is 0. The molecular formula is C17H18N4. The molecule has 4 nitrogen and oxygen atoms in total. The summed E-state index contributed by atoms with van der Waals surface area (Å²) in [7, 11) is 4.04. The third-order valence-corrected chi connectivity index (χ3v) is 3.48. The van der Waals surface area contributed by atoms with E-state index in [4.69, 9.17) is 5.73 Å².